The summed E-state index contributed by atoms with van der Waals surface area (Å²) in [7, 11) is 0. The van der Waals surface area contributed by atoms with Crippen LogP contribution in [-0.2, 0) is 14.4 Å². The highest BCUT2D eigenvalue weighted by atomic mass is 35.5. The van der Waals surface area contributed by atoms with E-state index in [4.69, 9.17) is 16.7 Å². The number of benzene rings is 3. The van der Waals surface area contributed by atoms with Crippen LogP contribution < -0.4 is 10.6 Å². The fourth-order valence-corrected chi connectivity index (χ4v) is 4.12. The van der Waals surface area contributed by atoms with Crippen molar-refractivity contribution in [2.75, 3.05) is 10.6 Å². The van der Waals surface area contributed by atoms with E-state index < -0.39 is 17.1 Å². The Bertz CT molecular complexity index is 1180. The molecule has 0 aromatic heterocycles. The van der Waals surface area contributed by atoms with Gasteiger partial charge in [0.05, 0.1) is 0 Å². The zero-order valence-corrected chi connectivity index (χ0v) is 19.2. The predicted octanol–water partition coefficient (Wildman–Crippen LogP) is 5.70. The average molecular weight is 481 g/mol. The SMILES string of the molecule is Cc1c(Cl)cccc1NC(=O)C(Sc1ccc(NC(=O)/C=C/C(=O)O)cc1)c1ccccc1. The van der Waals surface area contributed by atoms with Crippen molar-refractivity contribution in [3.63, 3.8) is 0 Å². The number of halogens is 1. The fourth-order valence-electron chi connectivity index (χ4n) is 2.93. The number of hydrogen-bond acceptors (Lipinski definition) is 4. The molecule has 0 aliphatic rings. The maximum atomic E-state index is 13.2. The molecule has 0 aliphatic carbocycles. The summed E-state index contributed by atoms with van der Waals surface area (Å²) >= 11 is 7.56. The summed E-state index contributed by atoms with van der Waals surface area (Å²) in [6.45, 7) is 1.85. The van der Waals surface area contributed by atoms with Gasteiger partial charge in [0.25, 0.3) is 0 Å². The van der Waals surface area contributed by atoms with Gasteiger partial charge in [0.1, 0.15) is 5.25 Å². The minimum atomic E-state index is -1.20. The van der Waals surface area contributed by atoms with Crippen LogP contribution in [0.15, 0.2) is 89.8 Å². The topological polar surface area (TPSA) is 95.5 Å². The number of amides is 2. The van der Waals surface area contributed by atoms with E-state index in [0.29, 0.717) is 16.4 Å². The van der Waals surface area contributed by atoms with E-state index in [-0.39, 0.29) is 5.91 Å². The van der Waals surface area contributed by atoms with Gasteiger partial charge in [-0.2, -0.15) is 0 Å². The van der Waals surface area contributed by atoms with E-state index >= 15 is 0 Å². The van der Waals surface area contributed by atoms with Crippen LogP contribution in [0, 0.1) is 6.92 Å². The third-order valence-corrected chi connectivity index (χ3v) is 6.29. The van der Waals surface area contributed by atoms with Gasteiger partial charge in [-0.15, -0.1) is 11.8 Å². The molecule has 168 valence electrons. The van der Waals surface area contributed by atoms with E-state index in [2.05, 4.69) is 10.6 Å². The number of nitrogens with one attached hydrogen (secondary N) is 2. The largest absolute Gasteiger partial charge is 0.478 e. The van der Waals surface area contributed by atoms with E-state index in [1.165, 1.54) is 11.8 Å². The molecule has 33 heavy (non-hydrogen) atoms. The zero-order valence-electron chi connectivity index (χ0n) is 17.6. The Balaban J connectivity index is 1.77. The van der Waals surface area contributed by atoms with Crippen LogP contribution in [0.25, 0.3) is 0 Å². The van der Waals surface area contributed by atoms with Crippen LogP contribution in [0.3, 0.4) is 0 Å². The molecule has 0 radical (unpaired) electrons. The van der Waals surface area contributed by atoms with Gasteiger partial charge < -0.3 is 15.7 Å². The summed E-state index contributed by atoms with van der Waals surface area (Å²) < 4.78 is 0. The number of anilines is 2. The predicted molar refractivity (Wildman–Crippen MR) is 132 cm³/mol. The standard InChI is InChI=1S/C25H21ClN2O4S/c1-16-20(26)8-5-9-21(16)28-25(32)24(17-6-3-2-4-7-17)33-19-12-10-18(11-13-19)27-22(29)14-15-23(30)31/h2-15,24H,1H3,(H,27,29)(H,28,32)(H,30,31)/b15-14+. The molecule has 3 N–H and O–H groups in total. The maximum absolute atomic E-state index is 13.2. The van der Waals surface area contributed by atoms with Gasteiger partial charge in [0, 0.05) is 33.4 Å². The van der Waals surface area contributed by atoms with Gasteiger partial charge in [-0.25, -0.2) is 4.79 Å². The zero-order chi connectivity index (χ0) is 23.8. The summed E-state index contributed by atoms with van der Waals surface area (Å²) in [5.74, 6) is -1.93. The second-order valence-corrected chi connectivity index (χ2v) is 8.58. The molecule has 0 aliphatic heterocycles. The van der Waals surface area contributed by atoms with E-state index in [1.807, 2.05) is 43.3 Å². The Hall–Kier alpha value is -3.55. The highest BCUT2D eigenvalue weighted by Crippen LogP contribution is 2.37. The minimum absolute atomic E-state index is 0.187. The lowest BCUT2D eigenvalue weighted by Gasteiger charge is -2.18. The molecule has 3 aromatic carbocycles. The summed E-state index contributed by atoms with van der Waals surface area (Å²) in [6.07, 6.45) is 1.71. The Morgan fingerprint density at radius 3 is 2.27 bits per heavy atom. The van der Waals surface area contributed by atoms with Crippen LogP contribution in [-0.4, -0.2) is 22.9 Å². The number of carbonyl (C=O) groups is 3. The highest BCUT2D eigenvalue weighted by Gasteiger charge is 2.23. The van der Waals surface area contributed by atoms with Crippen molar-refractivity contribution in [3.05, 3.63) is 101 Å². The smallest absolute Gasteiger partial charge is 0.328 e. The van der Waals surface area contributed by atoms with Gasteiger partial charge in [0.15, 0.2) is 0 Å². The molecule has 1 unspecified atom stereocenters. The number of thioether (sulfide) groups is 1. The molecule has 8 heteroatoms. The van der Waals surface area contributed by atoms with Crippen molar-refractivity contribution in [2.24, 2.45) is 0 Å². The summed E-state index contributed by atoms with van der Waals surface area (Å²) in [4.78, 5) is 36.3. The van der Waals surface area contributed by atoms with E-state index in [9.17, 15) is 14.4 Å². The summed E-state index contributed by atoms with van der Waals surface area (Å²) in [5.41, 5.74) is 2.80. The first-order valence-electron chi connectivity index (χ1n) is 9.93. The lowest BCUT2D eigenvalue weighted by atomic mass is 10.1. The normalized spacial score (nSPS) is 11.7. The minimum Gasteiger partial charge on any atom is -0.478 e. The van der Waals surface area contributed by atoms with Gasteiger partial charge in [-0.05, 0) is 54.4 Å². The number of rotatable bonds is 8. The van der Waals surface area contributed by atoms with Gasteiger partial charge in [0.2, 0.25) is 11.8 Å². The maximum Gasteiger partial charge on any atom is 0.328 e. The van der Waals surface area contributed by atoms with Crippen molar-refractivity contribution in [3.8, 4) is 0 Å². The molecule has 0 bridgehead atoms. The van der Waals surface area contributed by atoms with Gasteiger partial charge in [-0.1, -0.05) is 48.0 Å². The lowest BCUT2D eigenvalue weighted by molar-refractivity contribution is -0.131. The number of carbonyl (C=O) groups excluding carboxylic acids is 2. The van der Waals surface area contributed by atoms with Crippen molar-refractivity contribution in [1.29, 1.82) is 0 Å². The Kier molecular flexibility index (Phi) is 8.29. The molecule has 0 saturated heterocycles. The van der Waals surface area contributed by atoms with Gasteiger partial charge >= 0.3 is 5.97 Å². The van der Waals surface area contributed by atoms with Crippen LogP contribution >= 0.6 is 23.4 Å². The van der Waals surface area contributed by atoms with E-state index in [0.717, 1.165) is 28.2 Å². The fraction of sp³-hybridized carbons (Fsp3) is 0.0800. The van der Waals surface area contributed by atoms with Crippen LogP contribution in [0.2, 0.25) is 5.02 Å². The lowest BCUT2D eigenvalue weighted by Crippen LogP contribution is -2.19. The molecule has 2 amide bonds. The van der Waals surface area contributed by atoms with Gasteiger partial charge in [-0.3, -0.25) is 9.59 Å². The number of aliphatic carboxylic acids is 1. The highest BCUT2D eigenvalue weighted by molar-refractivity contribution is 8.00. The Morgan fingerprint density at radius 1 is 0.909 bits per heavy atom. The van der Waals surface area contributed by atoms with Crippen LogP contribution in [0.4, 0.5) is 11.4 Å². The third-order valence-electron chi connectivity index (χ3n) is 4.62. The van der Waals surface area contributed by atoms with Crippen molar-refractivity contribution in [2.45, 2.75) is 17.1 Å². The molecule has 6 nitrogen and oxygen atoms in total. The molecule has 0 spiro atoms. The van der Waals surface area contributed by atoms with E-state index in [1.54, 1.807) is 36.4 Å². The Morgan fingerprint density at radius 2 is 1.61 bits per heavy atom. The molecule has 3 rings (SSSR count). The first-order valence-corrected chi connectivity index (χ1v) is 11.2. The number of carboxylic acid groups (broad SMARTS) is 1. The molecular formula is C25H21ClN2O4S. The first-order chi connectivity index (χ1) is 15.8. The third kappa shape index (κ3) is 6.97. The summed E-state index contributed by atoms with van der Waals surface area (Å²) in [6, 6.07) is 21.8. The number of carboxylic acids is 1. The first kappa shape index (κ1) is 24.1. The molecule has 0 fully saturated rings. The van der Waals surface area contributed by atoms with Crippen LogP contribution in [0.5, 0.6) is 0 Å². The summed E-state index contributed by atoms with van der Waals surface area (Å²) in [5, 5.41) is 14.2. The molecule has 0 saturated carbocycles. The molecule has 1 atom stereocenters. The quantitative estimate of drug-likeness (QED) is 0.284. The second-order valence-electron chi connectivity index (χ2n) is 7.00. The molecule has 0 heterocycles. The monoisotopic (exact) mass is 480 g/mol. The number of hydrogen-bond donors (Lipinski definition) is 3. The van der Waals surface area contributed by atoms with Crippen molar-refractivity contribution >= 4 is 52.5 Å². The van der Waals surface area contributed by atoms with Crippen molar-refractivity contribution in [1.82, 2.24) is 0 Å². The van der Waals surface area contributed by atoms with Crippen LogP contribution in [0.1, 0.15) is 16.4 Å². The van der Waals surface area contributed by atoms with Crippen molar-refractivity contribution < 1.29 is 19.5 Å². The second kappa shape index (κ2) is 11.4. The Labute approximate surface area is 200 Å². The average Bonchev–Trinajstić information content (AvgIpc) is 2.80. The molecular weight excluding hydrogens is 460 g/mol. The molecule has 3 aromatic rings.